The molecule has 0 aliphatic rings. The number of halogens is 2. The van der Waals surface area contributed by atoms with E-state index in [0.717, 1.165) is 22.9 Å². The average molecular weight is 365 g/mol. The van der Waals surface area contributed by atoms with E-state index < -0.39 is 0 Å². The molecule has 0 radical (unpaired) electrons. The van der Waals surface area contributed by atoms with E-state index in [-0.39, 0.29) is 11.2 Å². The summed E-state index contributed by atoms with van der Waals surface area (Å²) in [7, 11) is 1.60. The number of hydrogen-bond donors (Lipinski definition) is 0. The van der Waals surface area contributed by atoms with Gasteiger partial charge in [-0.15, -0.1) is 0 Å². The van der Waals surface area contributed by atoms with Crippen LogP contribution in [0, 0.1) is 11.2 Å². The summed E-state index contributed by atoms with van der Waals surface area (Å²) in [5.74, 6) is 0.449. The number of ether oxygens (including phenoxy) is 1. The largest absolute Gasteiger partial charge is 0.497 e. The van der Waals surface area contributed by atoms with Gasteiger partial charge in [0.15, 0.2) is 0 Å². The lowest BCUT2D eigenvalue weighted by atomic mass is 9.84. The first kappa shape index (κ1) is 17.0. The van der Waals surface area contributed by atoms with Gasteiger partial charge in [-0.1, -0.05) is 54.9 Å². The Bertz CT molecular complexity index is 659. The van der Waals surface area contributed by atoms with Gasteiger partial charge in [0.2, 0.25) is 0 Å². The third kappa shape index (κ3) is 4.10. The maximum absolute atomic E-state index is 14.3. The van der Waals surface area contributed by atoms with Crippen molar-refractivity contribution in [3.63, 3.8) is 0 Å². The fraction of sp³-hybridized carbons (Fsp3) is 0.368. The minimum absolute atomic E-state index is 0.134. The van der Waals surface area contributed by atoms with Crippen LogP contribution >= 0.6 is 15.9 Å². The smallest absolute Gasteiger partial charge is 0.131 e. The Labute approximate surface area is 140 Å². The standard InChI is InChI=1S/C19H22BrFO/c1-19(2,3)11-14-9-13(12-20)5-7-16(14)17-10-15(22-4)6-8-18(17)21/h5-10H,11-12H2,1-4H3. The van der Waals surface area contributed by atoms with E-state index in [9.17, 15) is 4.39 Å². The van der Waals surface area contributed by atoms with Crippen LogP contribution < -0.4 is 4.74 Å². The molecule has 2 aromatic carbocycles. The van der Waals surface area contributed by atoms with Crippen molar-refractivity contribution in [3.05, 3.63) is 53.3 Å². The van der Waals surface area contributed by atoms with Crippen molar-refractivity contribution in [2.24, 2.45) is 5.41 Å². The van der Waals surface area contributed by atoms with E-state index in [4.69, 9.17) is 4.74 Å². The Morgan fingerprint density at radius 3 is 2.36 bits per heavy atom. The second-order valence-electron chi connectivity index (χ2n) is 6.71. The van der Waals surface area contributed by atoms with Crippen LogP contribution in [-0.4, -0.2) is 7.11 Å². The fourth-order valence-corrected chi connectivity index (χ4v) is 2.90. The van der Waals surface area contributed by atoms with Gasteiger partial charge in [-0.05, 0) is 46.7 Å². The summed E-state index contributed by atoms with van der Waals surface area (Å²) in [5, 5.41) is 0.797. The summed E-state index contributed by atoms with van der Waals surface area (Å²) in [4.78, 5) is 0. The van der Waals surface area contributed by atoms with Gasteiger partial charge in [0.25, 0.3) is 0 Å². The molecule has 0 aliphatic heterocycles. The number of alkyl halides is 1. The number of benzene rings is 2. The predicted octanol–water partition coefficient (Wildman–Crippen LogP) is 5.98. The highest BCUT2D eigenvalue weighted by Crippen LogP contribution is 2.34. The quantitative estimate of drug-likeness (QED) is 0.605. The molecule has 22 heavy (non-hydrogen) atoms. The Hall–Kier alpha value is -1.35. The lowest BCUT2D eigenvalue weighted by Crippen LogP contribution is -2.10. The van der Waals surface area contributed by atoms with E-state index in [2.05, 4.69) is 42.8 Å². The second-order valence-corrected chi connectivity index (χ2v) is 7.27. The highest BCUT2D eigenvalue weighted by atomic mass is 79.9. The van der Waals surface area contributed by atoms with Gasteiger partial charge in [-0.25, -0.2) is 4.39 Å². The summed E-state index contributed by atoms with van der Waals surface area (Å²) in [5.41, 5.74) is 4.04. The second kappa shape index (κ2) is 6.82. The van der Waals surface area contributed by atoms with Crippen LogP contribution in [0.1, 0.15) is 31.9 Å². The maximum atomic E-state index is 14.3. The summed E-state index contributed by atoms with van der Waals surface area (Å²) in [6, 6.07) is 11.1. The molecule has 0 aromatic heterocycles. The van der Waals surface area contributed by atoms with E-state index in [1.165, 1.54) is 11.6 Å². The minimum atomic E-state index is -0.220. The maximum Gasteiger partial charge on any atom is 0.131 e. The zero-order valence-corrected chi connectivity index (χ0v) is 15.1. The Kier molecular flexibility index (Phi) is 5.28. The molecule has 0 N–H and O–H groups in total. The van der Waals surface area contributed by atoms with Crippen LogP contribution in [0.2, 0.25) is 0 Å². The highest BCUT2D eigenvalue weighted by Gasteiger charge is 2.17. The Morgan fingerprint density at radius 1 is 1.05 bits per heavy atom. The number of methoxy groups -OCH3 is 1. The van der Waals surface area contributed by atoms with Crippen molar-refractivity contribution in [1.82, 2.24) is 0 Å². The summed E-state index contributed by atoms with van der Waals surface area (Å²) in [6.45, 7) is 6.58. The van der Waals surface area contributed by atoms with Gasteiger partial charge >= 0.3 is 0 Å². The van der Waals surface area contributed by atoms with Crippen molar-refractivity contribution in [3.8, 4) is 16.9 Å². The van der Waals surface area contributed by atoms with Gasteiger partial charge in [-0.3, -0.25) is 0 Å². The van der Waals surface area contributed by atoms with E-state index in [1.807, 2.05) is 12.1 Å². The zero-order valence-electron chi connectivity index (χ0n) is 13.5. The van der Waals surface area contributed by atoms with Crippen molar-refractivity contribution >= 4 is 15.9 Å². The van der Waals surface area contributed by atoms with Crippen molar-refractivity contribution in [2.45, 2.75) is 32.5 Å². The van der Waals surface area contributed by atoms with Gasteiger partial charge in [0.1, 0.15) is 11.6 Å². The van der Waals surface area contributed by atoms with E-state index >= 15 is 0 Å². The van der Waals surface area contributed by atoms with E-state index in [1.54, 1.807) is 19.2 Å². The Balaban J connectivity index is 2.59. The summed E-state index contributed by atoms with van der Waals surface area (Å²) < 4.78 is 19.6. The fourth-order valence-electron chi connectivity index (χ4n) is 2.55. The van der Waals surface area contributed by atoms with Crippen molar-refractivity contribution < 1.29 is 9.13 Å². The molecule has 0 atom stereocenters. The molecule has 0 bridgehead atoms. The molecule has 0 unspecified atom stereocenters. The number of hydrogen-bond acceptors (Lipinski definition) is 1. The van der Waals surface area contributed by atoms with Crippen LogP contribution in [0.4, 0.5) is 4.39 Å². The SMILES string of the molecule is COc1ccc(F)c(-c2ccc(CBr)cc2CC(C)(C)C)c1. The average Bonchev–Trinajstić information content (AvgIpc) is 2.46. The third-order valence-electron chi connectivity index (χ3n) is 3.51. The summed E-state index contributed by atoms with van der Waals surface area (Å²) >= 11 is 3.50. The first-order valence-corrected chi connectivity index (χ1v) is 8.48. The molecule has 0 fully saturated rings. The van der Waals surface area contributed by atoms with E-state index in [0.29, 0.717) is 11.3 Å². The summed E-state index contributed by atoms with van der Waals surface area (Å²) in [6.07, 6.45) is 0.889. The lowest BCUT2D eigenvalue weighted by molar-refractivity contribution is 0.411. The van der Waals surface area contributed by atoms with Crippen LogP contribution in [0.25, 0.3) is 11.1 Å². The van der Waals surface area contributed by atoms with Gasteiger partial charge < -0.3 is 4.74 Å². The topological polar surface area (TPSA) is 9.23 Å². The third-order valence-corrected chi connectivity index (χ3v) is 4.16. The van der Waals surface area contributed by atoms with Crippen LogP contribution in [-0.2, 0) is 11.8 Å². The van der Waals surface area contributed by atoms with Gasteiger partial charge in [0, 0.05) is 10.9 Å². The molecule has 0 saturated carbocycles. The van der Waals surface area contributed by atoms with Crippen LogP contribution in [0.3, 0.4) is 0 Å². The molecule has 3 heteroatoms. The number of rotatable bonds is 4. The molecular formula is C19H22BrFO. The predicted molar refractivity (Wildman–Crippen MR) is 94.2 cm³/mol. The molecule has 0 spiro atoms. The molecular weight excluding hydrogens is 343 g/mol. The lowest BCUT2D eigenvalue weighted by Gasteiger charge is -2.21. The molecule has 0 saturated heterocycles. The molecule has 2 rings (SSSR count). The molecule has 118 valence electrons. The monoisotopic (exact) mass is 364 g/mol. The van der Waals surface area contributed by atoms with Crippen molar-refractivity contribution in [2.75, 3.05) is 7.11 Å². The highest BCUT2D eigenvalue weighted by molar-refractivity contribution is 9.08. The molecule has 0 aliphatic carbocycles. The normalized spacial score (nSPS) is 11.5. The minimum Gasteiger partial charge on any atom is -0.497 e. The van der Waals surface area contributed by atoms with Gasteiger partial charge in [0.05, 0.1) is 7.11 Å². The van der Waals surface area contributed by atoms with Crippen LogP contribution in [0.5, 0.6) is 5.75 Å². The zero-order chi connectivity index (χ0) is 16.3. The van der Waals surface area contributed by atoms with Gasteiger partial charge in [-0.2, -0.15) is 0 Å². The molecule has 2 aromatic rings. The molecule has 1 nitrogen and oxygen atoms in total. The molecule has 0 heterocycles. The Morgan fingerprint density at radius 2 is 1.77 bits per heavy atom. The first-order chi connectivity index (χ1) is 10.3. The van der Waals surface area contributed by atoms with Crippen LogP contribution in [0.15, 0.2) is 36.4 Å². The first-order valence-electron chi connectivity index (χ1n) is 7.36. The van der Waals surface area contributed by atoms with Crippen molar-refractivity contribution in [1.29, 1.82) is 0 Å². The molecule has 0 amide bonds.